The predicted octanol–water partition coefficient (Wildman–Crippen LogP) is -1.90. The molecule has 0 heterocycles. The Morgan fingerprint density at radius 1 is 1.09 bits per heavy atom. The zero-order valence-corrected chi connectivity index (χ0v) is 19.0. The van der Waals surface area contributed by atoms with Gasteiger partial charge in [0.1, 0.15) is 11.3 Å². The highest BCUT2D eigenvalue weighted by Gasteiger charge is 2.72. The molecule has 12 nitrogen and oxygen atoms in total. The number of aromatic hydroxyl groups is 1. The Bertz CT molecular complexity index is 1220. The Labute approximate surface area is 198 Å². The number of primary amides is 1. The highest BCUT2D eigenvalue weighted by Crippen LogP contribution is 2.54. The van der Waals surface area contributed by atoms with Crippen LogP contribution in [0.2, 0.25) is 0 Å². The van der Waals surface area contributed by atoms with Crippen molar-refractivity contribution in [3.63, 3.8) is 0 Å². The van der Waals surface area contributed by atoms with E-state index >= 15 is 0 Å². The molecule has 2 saturated carbocycles. The van der Waals surface area contributed by atoms with E-state index < -0.39 is 99.2 Å². The molecule has 0 aromatic heterocycles. The summed E-state index contributed by atoms with van der Waals surface area (Å²) in [5, 5.41) is 42.8. The standard InChI is InChI=1S/C23H24N2O10/c1-6-7-4-5-8(22(33)34)15(26)10(7)16(27)11-9(6)17(28)13-14(25(2)3)18(29)12(21(24)32)20(31)23(13,35)19(11)30/h4-6,9,11-14,17,26,28,35H,1-3H3,(H2,24,32)(H,33,34)/t6-,9+,11?,12?,13+,14-,17-,23-/m1/s1. The number of ketones is 4. The van der Waals surface area contributed by atoms with E-state index in [0.29, 0.717) is 0 Å². The van der Waals surface area contributed by atoms with Crippen LogP contribution in [0.3, 0.4) is 0 Å². The van der Waals surface area contributed by atoms with Gasteiger partial charge in [0.05, 0.1) is 29.5 Å². The van der Waals surface area contributed by atoms with Crippen LogP contribution in [0.4, 0.5) is 0 Å². The Balaban J connectivity index is 1.97. The third-order valence-electron chi connectivity index (χ3n) is 7.72. The Kier molecular flexibility index (Phi) is 5.47. The fourth-order valence-corrected chi connectivity index (χ4v) is 6.16. The van der Waals surface area contributed by atoms with Crippen molar-refractivity contribution in [1.29, 1.82) is 0 Å². The summed E-state index contributed by atoms with van der Waals surface area (Å²) in [6.45, 7) is 1.53. The number of nitrogens with two attached hydrogens (primary N) is 1. The fraction of sp³-hybridized carbons (Fsp3) is 0.478. The third kappa shape index (κ3) is 2.96. The zero-order chi connectivity index (χ0) is 26.3. The molecule has 4 rings (SSSR count). The summed E-state index contributed by atoms with van der Waals surface area (Å²) in [7, 11) is 2.80. The Morgan fingerprint density at radius 2 is 1.69 bits per heavy atom. The van der Waals surface area contributed by atoms with Gasteiger partial charge in [-0.1, -0.05) is 13.0 Å². The number of carbonyl (C=O) groups excluding carboxylic acids is 5. The highest BCUT2D eigenvalue weighted by atomic mass is 16.4. The van der Waals surface area contributed by atoms with Crippen LogP contribution >= 0.6 is 0 Å². The Hall–Kier alpha value is -3.48. The summed E-state index contributed by atoms with van der Waals surface area (Å²) in [5.74, 6) is -16.5. The van der Waals surface area contributed by atoms with Crippen LogP contribution in [-0.4, -0.2) is 92.2 Å². The summed E-state index contributed by atoms with van der Waals surface area (Å²) in [6.07, 6.45) is -1.75. The van der Waals surface area contributed by atoms with Gasteiger partial charge in [-0.15, -0.1) is 0 Å². The number of benzene rings is 1. The molecule has 12 heteroatoms. The molecule has 35 heavy (non-hydrogen) atoms. The van der Waals surface area contributed by atoms with E-state index in [4.69, 9.17) is 5.73 Å². The first-order chi connectivity index (χ1) is 16.2. The number of hydrogen-bond donors (Lipinski definition) is 5. The lowest BCUT2D eigenvalue weighted by Gasteiger charge is -2.56. The lowest BCUT2D eigenvalue weighted by atomic mass is 9.49. The van der Waals surface area contributed by atoms with Gasteiger partial charge in [-0.25, -0.2) is 4.79 Å². The molecule has 8 atom stereocenters. The topological polar surface area (TPSA) is 213 Å². The van der Waals surface area contributed by atoms with Gasteiger partial charge < -0.3 is 26.2 Å². The summed E-state index contributed by atoms with van der Waals surface area (Å²) < 4.78 is 0. The molecule has 3 aliphatic rings. The Morgan fingerprint density at radius 3 is 2.20 bits per heavy atom. The van der Waals surface area contributed by atoms with Crippen molar-refractivity contribution in [2.75, 3.05) is 14.1 Å². The van der Waals surface area contributed by atoms with Crippen LogP contribution in [0, 0.1) is 23.7 Å². The van der Waals surface area contributed by atoms with E-state index in [1.807, 2.05) is 0 Å². The van der Waals surface area contributed by atoms with Crippen molar-refractivity contribution in [1.82, 2.24) is 4.90 Å². The smallest absolute Gasteiger partial charge is 0.339 e. The van der Waals surface area contributed by atoms with E-state index in [1.165, 1.54) is 32.0 Å². The number of rotatable bonds is 3. The minimum absolute atomic E-state index is 0.168. The molecule has 2 unspecified atom stereocenters. The van der Waals surface area contributed by atoms with Crippen molar-refractivity contribution in [2.24, 2.45) is 29.4 Å². The van der Waals surface area contributed by atoms with Gasteiger partial charge >= 0.3 is 5.97 Å². The molecule has 1 aromatic rings. The van der Waals surface area contributed by atoms with Gasteiger partial charge in [0.25, 0.3) is 0 Å². The average Bonchev–Trinajstić information content (AvgIpc) is 2.75. The number of carboxylic acid groups (broad SMARTS) is 1. The van der Waals surface area contributed by atoms with Gasteiger partial charge in [-0.2, -0.15) is 0 Å². The summed E-state index contributed by atoms with van der Waals surface area (Å²) in [6, 6.07) is 0.919. The monoisotopic (exact) mass is 488 g/mol. The van der Waals surface area contributed by atoms with Crippen molar-refractivity contribution in [3.8, 4) is 5.75 Å². The number of carboxylic acids is 1. The van der Waals surface area contributed by atoms with Crippen LogP contribution in [-0.2, 0) is 19.2 Å². The number of hydrogen-bond acceptors (Lipinski definition) is 10. The minimum atomic E-state index is -3.10. The summed E-state index contributed by atoms with van der Waals surface area (Å²) in [5.41, 5.74) is 1.25. The van der Waals surface area contributed by atoms with Crippen molar-refractivity contribution in [3.05, 3.63) is 28.8 Å². The van der Waals surface area contributed by atoms with Crippen molar-refractivity contribution < 1.29 is 49.2 Å². The minimum Gasteiger partial charge on any atom is -0.506 e. The van der Waals surface area contributed by atoms with Crippen LogP contribution in [0.5, 0.6) is 5.75 Å². The number of fused-ring (bicyclic) bond motifs is 3. The van der Waals surface area contributed by atoms with E-state index in [9.17, 15) is 49.2 Å². The molecular weight excluding hydrogens is 464 g/mol. The molecule has 0 bridgehead atoms. The number of amides is 1. The molecule has 186 valence electrons. The number of aliphatic hydroxyl groups excluding tert-OH is 1. The molecule has 1 aromatic carbocycles. The van der Waals surface area contributed by atoms with Crippen LogP contribution in [0.15, 0.2) is 12.1 Å². The van der Waals surface area contributed by atoms with Gasteiger partial charge in [0, 0.05) is 5.92 Å². The maximum atomic E-state index is 13.7. The number of carbonyl (C=O) groups is 6. The molecular formula is C23H24N2O10. The number of Topliss-reactive ketones (excluding diaryl/α,β-unsaturated/α-hetero) is 4. The van der Waals surface area contributed by atoms with E-state index in [-0.39, 0.29) is 5.56 Å². The number of phenols is 1. The lowest BCUT2D eigenvalue weighted by molar-refractivity contribution is -0.196. The largest absolute Gasteiger partial charge is 0.506 e. The van der Waals surface area contributed by atoms with Gasteiger partial charge in [-0.05, 0) is 31.6 Å². The second kappa shape index (κ2) is 7.77. The molecule has 0 aliphatic heterocycles. The second-order valence-electron chi connectivity index (χ2n) is 9.60. The first kappa shape index (κ1) is 24.6. The quantitative estimate of drug-likeness (QED) is 0.296. The van der Waals surface area contributed by atoms with Gasteiger partial charge in [0.15, 0.2) is 34.7 Å². The van der Waals surface area contributed by atoms with E-state index in [2.05, 4.69) is 0 Å². The van der Waals surface area contributed by atoms with E-state index in [0.717, 1.165) is 6.07 Å². The van der Waals surface area contributed by atoms with Crippen LogP contribution in [0.25, 0.3) is 0 Å². The second-order valence-corrected chi connectivity index (χ2v) is 9.60. The maximum absolute atomic E-state index is 13.7. The van der Waals surface area contributed by atoms with Gasteiger partial charge in [-0.3, -0.25) is 28.9 Å². The predicted molar refractivity (Wildman–Crippen MR) is 114 cm³/mol. The molecule has 3 aliphatic carbocycles. The van der Waals surface area contributed by atoms with Crippen LogP contribution in [0.1, 0.15) is 39.1 Å². The summed E-state index contributed by atoms with van der Waals surface area (Å²) in [4.78, 5) is 78.2. The van der Waals surface area contributed by atoms with Gasteiger partial charge in [0.2, 0.25) is 5.91 Å². The lowest BCUT2D eigenvalue weighted by Crippen LogP contribution is -2.77. The molecule has 0 saturated heterocycles. The molecule has 1 amide bonds. The first-order valence-electron chi connectivity index (χ1n) is 10.8. The van der Waals surface area contributed by atoms with Crippen LogP contribution < -0.4 is 5.73 Å². The number of aromatic carboxylic acids is 1. The zero-order valence-electron chi connectivity index (χ0n) is 19.0. The fourth-order valence-electron chi connectivity index (χ4n) is 6.16. The normalized spacial score (nSPS) is 36.5. The number of likely N-dealkylation sites (N-methyl/N-ethyl adjacent to an activating group) is 1. The molecule has 6 N–H and O–H groups in total. The first-order valence-corrected chi connectivity index (χ1v) is 10.8. The number of aliphatic hydroxyl groups is 2. The van der Waals surface area contributed by atoms with E-state index in [1.54, 1.807) is 0 Å². The van der Waals surface area contributed by atoms with Crippen molar-refractivity contribution in [2.45, 2.75) is 30.6 Å². The highest BCUT2D eigenvalue weighted by molar-refractivity contribution is 6.32. The van der Waals surface area contributed by atoms with Crippen molar-refractivity contribution >= 4 is 35.0 Å². The molecule has 0 spiro atoms. The average molecular weight is 488 g/mol. The maximum Gasteiger partial charge on any atom is 0.339 e. The SMILES string of the molecule is C[C@@H]1c2ccc(C(=O)O)c(O)c2C(=O)C2C(=O)[C@@]3(O)C(=O)C(C(N)=O)C(=O)[C@H](N(C)C)[C@H]3[C@H](O)[C@H]21. The molecule has 0 radical (unpaired) electrons. The third-order valence-corrected chi connectivity index (χ3v) is 7.72. The number of nitrogens with zero attached hydrogens (tertiary/aromatic N) is 1. The summed E-state index contributed by atoms with van der Waals surface area (Å²) >= 11 is 0. The molecule has 2 fully saturated rings.